The average molecular weight is 232 g/mol. The van der Waals surface area contributed by atoms with Crippen molar-refractivity contribution in [3.8, 4) is 0 Å². The van der Waals surface area contributed by atoms with Gasteiger partial charge in [-0.25, -0.2) is 0 Å². The van der Waals surface area contributed by atoms with Crippen LogP contribution in [0.15, 0.2) is 16.9 Å². The Labute approximate surface area is 102 Å². The molecule has 2 saturated carbocycles. The van der Waals surface area contributed by atoms with Gasteiger partial charge in [-0.15, -0.1) is 0 Å². The van der Waals surface area contributed by atoms with Crippen molar-refractivity contribution in [2.75, 3.05) is 0 Å². The van der Waals surface area contributed by atoms with E-state index in [9.17, 15) is 4.79 Å². The predicted octanol–water partition coefficient (Wildman–Crippen LogP) is 2.30. The number of hydrogen-bond acceptors (Lipinski definition) is 2. The molecule has 3 nitrogen and oxygen atoms in total. The highest BCUT2D eigenvalue weighted by molar-refractivity contribution is 5.23. The van der Waals surface area contributed by atoms with E-state index in [2.05, 4.69) is 10.6 Å². The van der Waals surface area contributed by atoms with Crippen molar-refractivity contribution in [1.82, 2.24) is 4.57 Å². The molecule has 0 spiro atoms. The van der Waals surface area contributed by atoms with E-state index in [1.54, 1.807) is 0 Å². The number of nitrogens with two attached hydrogens (primary N) is 1. The molecule has 92 valence electrons. The van der Waals surface area contributed by atoms with E-state index >= 15 is 0 Å². The summed E-state index contributed by atoms with van der Waals surface area (Å²) in [6, 6.07) is 4.51. The molecule has 2 aliphatic carbocycles. The molecule has 1 aromatic rings. The summed E-state index contributed by atoms with van der Waals surface area (Å²) in [5, 5.41) is 0. The van der Waals surface area contributed by atoms with Crippen molar-refractivity contribution in [2.45, 2.75) is 57.0 Å². The average Bonchev–Trinajstić information content (AvgIpc) is 3.05. The minimum atomic E-state index is 0.170. The minimum Gasteiger partial charge on any atom is -0.326 e. The quantitative estimate of drug-likeness (QED) is 0.869. The first-order chi connectivity index (χ1) is 8.31. The molecule has 0 unspecified atom stereocenters. The van der Waals surface area contributed by atoms with Crippen molar-refractivity contribution in [3.63, 3.8) is 0 Å². The molecule has 0 radical (unpaired) electrons. The summed E-state index contributed by atoms with van der Waals surface area (Å²) in [4.78, 5) is 12.4. The Morgan fingerprint density at radius 3 is 2.47 bits per heavy atom. The van der Waals surface area contributed by atoms with E-state index in [0.717, 1.165) is 18.4 Å². The summed E-state index contributed by atoms with van der Waals surface area (Å²) in [5.41, 5.74) is 7.85. The largest absolute Gasteiger partial charge is 0.326 e. The fraction of sp³-hybridized carbons (Fsp3) is 0.643. The van der Waals surface area contributed by atoms with E-state index in [4.69, 9.17) is 5.73 Å². The van der Waals surface area contributed by atoms with Gasteiger partial charge in [0.2, 0.25) is 0 Å². The summed E-state index contributed by atoms with van der Waals surface area (Å²) in [6.07, 6.45) is 7.33. The van der Waals surface area contributed by atoms with Gasteiger partial charge in [-0.05, 0) is 37.7 Å². The van der Waals surface area contributed by atoms with Gasteiger partial charge in [-0.2, -0.15) is 0 Å². The minimum absolute atomic E-state index is 0.170. The fourth-order valence-electron chi connectivity index (χ4n) is 3.02. The summed E-state index contributed by atoms with van der Waals surface area (Å²) in [7, 11) is 0. The number of nitrogens with zero attached hydrogens (tertiary/aromatic N) is 1. The van der Waals surface area contributed by atoms with Crippen LogP contribution >= 0.6 is 0 Å². The summed E-state index contributed by atoms with van der Waals surface area (Å²) in [5.74, 6) is 0.634. The van der Waals surface area contributed by atoms with Crippen LogP contribution in [-0.2, 0) is 6.54 Å². The van der Waals surface area contributed by atoms with E-state index < -0.39 is 0 Å². The van der Waals surface area contributed by atoms with Crippen LogP contribution in [-0.4, -0.2) is 4.57 Å². The van der Waals surface area contributed by atoms with Gasteiger partial charge in [0.05, 0.1) is 0 Å². The number of aromatic nitrogens is 1. The molecule has 2 fully saturated rings. The van der Waals surface area contributed by atoms with E-state index in [1.807, 2.05) is 6.07 Å². The topological polar surface area (TPSA) is 48.0 Å². The molecule has 1 aromatic heterocycles. The van der Waals surface area contributed by atoms with E-state index in [-0.39, 0.29) is 5.56 Å². The lowest BCUT2D eigenvalue weighted by atomic mass is 10.1. The Kier molecular flexibility index (Phi) is 2.79. The second-order valence-electron chi connectivity index (χ2n) is 5.38. The Morgan fingerprint density at radius 1 is 1.18 bits per heavy atom. The Hall–Kier alpha value is -1.09. The molecule has 2 aliphatic rings. The molecule has 0 aliphatic heterocycles. The van der Waals surface area contributed by atoms with Crippen LogP contribution < -0.4 is 11.3 Å². The van der Waals surface area contributed by atoms with Gasteiger partial charge in [-0.3, -0.25) is 4.79 Å². The highest BCUT2D eigenvalue weighted by Gasteiger charge is 2.30. The SMILES string of the molecule is NCc1ccc(C2CC2)n(C2CCCC2)c1=O. The summed E-state index contributed by atoms with van der Waals surface area (Å²) >= 11 is 0. The first-order valence-corrected chi connectivity index (χ1v) is 6.75. The lowest BCUT2D eigenvalue weighted by Crippen LogP contribution is -2.30. The predicted molar refractivity (Wildman–Crippen MR) is 68.1 cm³/mol. The molecule has 2 N–H and O–H groups in total. The zero-order chi connectivity index (χ0) is 11.8. The molecule has 0 saturated heterocycles. The molecule has 17 heavy (non-hydrogen) atoms. The van der Waals surface area contributed by atoms with Crippen LogP contribution in [0, 0.1) is 0 Å². The normalized spacial score (nSPS) is 21.0. The third kappa shape index (κ3) is 1.93. The molecule has 3 rings (SSSR count). The van der Waals surface area contributed by atoms with Crippen LogP contribution in [0.1, 0.15) is 61.7 Å². The maximum Gasteiger partial charge on any atom is 0.255 e. The second kappa shape index (κ2) is 4.30. The first-order valence-electron chi connectivity index (χ1n) is 6.75. The van der Waals surface area contributed by atoms with Crippen LogP contribution in [0.3, 0.4) is 0 Å². The molecular weight excluding hydrogens is 212 g/mol. The molecule has 0 atom stereocenters. The van der Waals surface area contributed by atoms with Gasteiger partial charge in [-0.1, -0.05) is 18.9 Å². The molecule has 0 bridgehead atoms. The van der Waals surface area contributed by atoms with Crippen molar-refractivity contribution < 1.29 is 0 Å². The Morgan fingerprint density at radius 2 is 1.88 bits per heavy atom. The van der Waals surface area contributed by atoms with Crippen molar-refractivity contribution in [3.05, 3.63) is 33.7 Å². The number of rotatable bonds is 3. The molecular formula is C14H20N2O. The third-order valence-corrected chi connectivity index (χ3v) is 4.13. The third-order valence-electron chi connectivity index (χ3n) is 4.13. The Bertz CT molecular complexity index is 468. The molecule has 0 amide bonds. The standard InChI is InChI=1S/C14H20N2O/c15-9-11-7-8-13(10-5-6-10)16(14(11)17)12-3-1-2-4-12/h7-8,10,12H,1-6,9,15H2. The van der Waals surface area contributed by atoms with Gasteiger partial charge < -0.3 is 10.3 Å². The lowest BCUT2D eigenvalue weighted by molar-refractivity contribution is 0.480. The van der Waals surface area contributed by atoms with E-state index in [0.29, 0.717) is 18.5 Å². The van der Waals surface area contributed by atoms with Gasteiger partial charge in [0.1, 0.15) is 0 Å². The maximum atomic E-state index is 12.4. The van der Waals surface area contributed by atoms with Gasteiger partial charge in [0.15, 0.2) is 0 Å². The number of hydrogen-bond donors (Lipinski definition) is 1. The smallest absolute Gasteiger partial charge is 0.255 e. The molecule has 0 aromatic carbocycles. The highest BCUT2D eigenvalue weighted by Crippen LogP contribution is 2.42. The Balaban J connectivity index is 2.09. The van der Waals surface area contributed by atoms with Crippen LogP contribution in [0.4, 0.5) is 0 Å². The monoisotopic (exact) mass is 232 g/mol. The van der Waals surface area contributed by atoms with Crippen molar-refractivity contribution in [1.29, 1.82) is 0 Å². The van der Waals surface area contributed by atoms with Crippen molar-refractivity contribution in [2.24, 2.45) is 5.73 Å². The maximum absolute atomic E-state index is 12.4. The lowest BCUT2D eigenvalue weighted by Gasteiger charge is -2.19. The first kappa shape index (κ1) is 11.0. The summed E-state index contributed by atoms with van der Waals surface area (Å²) < 4.78 is 2.08. The summed E-state index contributed by atoms with van der Waals surface area (Å²) in [6.45, 7) is 0.358. The van der Waals surface area contributed by atoms with Crippen LogP contribution in [0.25, 0.3) is 0 Å². The van der Waals surface area contributed by atoms with Crippen molar-refractivity contribution >= 4 is 0 Å². The van der Waals surface area contributed by atoms with Crippen LogP contribution in [0.2, 0.25) is 0 Å². The number of pyridine rings is 1. The zero-order valence-electron chi connectivity index (χ0n) is 10.2. The van der Waals surface area contributed by atoms with E-state index in [1.165, 1.54) is 31.4 Å². The molecule has 3 heteroatoms. The fourth-order valence-corrected chi connectivity index (χ4v) is 3.02. The van der Waals surface area contributed by atoms with Gasteiger partial charge in [0, 0.05) is 23.8 Å². The molecule has 1 heterocycles. The second-order valence-corrected chi connectivity index (χ2v) is 5.38. The highest BCUT2D eigenvalue weighted by atomic mass is 16.1. The van der Waals surface area contributed by atoms with Crippen LogP contribution in [0.5, 0.6) is 0 Å². The zero-order valence-corrected chi connectivity index (χ0v) is 10.2. The van der Waals surface area contributed by atoms with Gasteiger partial charge in [0.25, 0.3) is 5.56 Å². The van der Waals surface area contributed by atoms with Gasteiger partial charge >= 0.3 is 0 Å².